The third-order valence-corrected chi connectivity index (χ3v) is 7.31. The number of ketones is 1. The van der Waals surface area contributed by atoms with Gasteiger partial charge >= 0.3 is 6.09 Å². The lowest BCUT2D eigenvalue weighted by atomic mass is 9.98. The highest BCUT2D eigenvalue weighted by Crippen LogP contribution is 2.24. The molecule has 3 unspecified atom stereocenters. The lowest BCUT2D eigenvalue weighted by Gasteiger charge is -2.31. The highest BCUT2D eigenvalue weighted by Gasteiger charge is 2.40. The first kappa shape index (κ1) is 30.5. The molecule has 11 heteroatoms. The standard InChI is InChI=1S/C31H38N4O7/c1-18(2)25(27(36)29-32-22-16-21(40-5)13-14-24(22)42-29)33-28(37)23-12-9-15-35(23)30(38)26(19(3)4)34-31(39)41-17-20-10-7-6-8-11-20/h6-8,10-11,13-14,16,18-19,23,25-26H,9,12,15,17H2,1-5H3,(H,33,37)(H,34,39). The first-order chi connectivity index (χ1) is 20.1. The second kappa shape index (κ2) is 13.5. The van der Waals surface area contributed by atoms with Crippen molar-refractivity contribution in [1.29, 1.82) is 0 Å². The third kappa shape index (κ3) is 7.07. The monoisotopic (exact) mass is 578 g/mol. The minimum atomic E-state index is -0.919. The van der Waals surface area contributed by atoms with Crippen LogP contribution >= 0.6 is 0 Å². The zero-order valence-corrected chi connectivity index (χ0v) is 24.6. The van der Waals surface area contributed by atoms with Crippen LogP contribution in [-0.2, 0) is 20.9 Å². The third-order valence-electron chi connectivity index (χ3n) is 7.31. The number of ether oxygens (including phenoxy) is 2. The Morgan fingerprint density at radius 1 is 1.00 bits per heavy atom. The van der Waals surface area contributed by atoms with Gasteiger partial charge in [-0.05, 0) is 42.4 Å². The number of aromatic nitrogens is 1. The predicted molar refractivity (Wildman–Crippen MR) is 155 cm³/mol. The number of nitrogens with one attached hydrogen (secondary N) is 2. The quantitative estimate of drug-likeness (QED) is 0.324. The first-order valence-corrected chi connectivity index (χ1v) is 14.2. The average molecular weight is 579 g/mol. The van der Waals surface area contributed by atoms with Crippen LogP contribution in [0.2, 0.25) is 0 Å². The van der Waals surface area contributed by atoms with Gasteiger partial charge in [-0.1, -0.05) is 58.0 Å². The molecule has 1 aliphatic rings. The van der Waals surface area contributed by atoms with E-state index in [2.05, 4.69) is 15.6 Å². The number of alkyl carbamates (subject to hydrolysis) is 1. The van der Waals surface area contributed by atoms with E-state index < -0.39 is 35.9 Å². The van der Waals surface area contributed by atoms with Crippen molar-refractivity contribution >= 4 is 34.8 Å². The Morgan fingerprint density at radius 2 is 1.71 bits per heavy atom. The molecule has 0 radical (unpaired) electrons. The molecule has 1 aromatic heterocycles. The van der Waals surface area contributed by atoms with Gasteiger partial charge in [0.25, 0.3) is 5.89 Å². The number of carbonyl (C=O) groups excluding carboxylic acids is 4. The SMILES string of the molecule is COc1ccc2oc(C(=O)C(NC(=O)C3CCCN3C(=O)C(NC(=O)OCc3ccccc3)C(C)C)C(C)C)nc2c1. The molecule has 0 aliphatic carbocycles. The van der Waals surface area contributed by atoms with Gasteiger partial charge in [0, 0.05) is 12.6 Å². The fourth-order valence-electron chi connectivity index (χ4n) is 4.94. The molecule has 3 amide bonds. The second-order valence-electron chi connectivity index (χ2n) is 11.1. The summed E-state index contributed by atoms with van der Waals surface area (Å²) < 4.78 is 16.2. The summed E-state index contributed by atoms with van der Waals surface area (Å²) in [6.07, 6.45) is 0.329. The Kier molecular flexibility index (Phi) is 9.82. The molecule has 0 bridgehead atoms. The summed E-state index contributed by atoms with van der Waals surface area (Å²) >= 11 is 0. The molecule has 0 saturated carbocycles. The van der Waals surface area contributed by atoms with Crippen LogP contribution in [-0.4, -0.2) is 65.4 Å². The summed E-state index contributed by atoms with van der Waals surface area (Å²) in [5.74, 6) is -1.36. The van der Waals surface area contributed by atoms with Gasteiger partial charge in [-0.2, -0.15) is 0 Å². The molecule has 2 N–H and O–H groups in total. The maximum absolute atomic E-state index is 13.6. The molecule has 224 valence electrons. The van der Waals surface area contributed by atoms with E-state index in [-0.39, 0.29) is 30.2 Å². The lowest BCUT2D eigenvalue weighted by Crippen LogP contribution is -2.57. The highest BCUT2D eigenvalue weighted by atomic mass is 16.5. The molecule has 3 aromatic rings. The summed E-state index contributed by atoms with van der Waals surface area (Å²) in [5, 5.41) is 5.51. The van der Waals surface area contributed by atoms with Crippen LogP contribution in [0, 0.1) is 11.8 Å². The van der Waals surface area contributed by atoms with Crippen molar-refractivity contribution in [1.82, 2.24) is 20.5 Å². The maximum atomic E-state index is 13.6. The first-order valence-electron chi connectivity index (χ1n) is 14.2. The van der Waals surface area contributed by atoms with Crippen molar-refractivity contribution in [2.45, 2.75) is 65.3 Å². The van der Waals surface area contributed by atoms with E-state index in [0.29, 0.717) is 36.2 Å². The van der Waals surface area contributed by atoms with Crippen LogP contribution in [0.3, 0.4) is 0 Å². The number of oxazole rings is 1. The van der Waals surface area contributed by atoms with Gasteiger partial charge in [-0.15, -0.1) is 0 Å². The van der Waals surface area contributed by atoms with Crippen molar-refractivity contribution in [3.05, 3.63) is 60.0 Å². The molecule has 3 atom stereocenters. The van der Waals surface area contributed by atoms with E-state index in [1.54, 1.807) is 18.2 Å². The van der Waals surface area contributed by atoms with Crippen molar-refractivity contribution in [2.75, 3.05) is 13.7 Å². The van der Waals surface area contributed by atoms with E-state index in [0.717, 1.165) is 5.56 Å². The molecular weight excluding hydrogens is 540 g/mol. The van der Waals surface area contributed by atoms with Crippen LogP contribution in [0.5, 0.6) is 5.75 Å². The minimum absolute atomic E-state index is 0.0681. The van der Waals surface area contributed by atoms with E-state index in [9.17, 15) is 19.2 Å². The van der Waals surface area contributed by atoms with Gasteiger partial charge < -0.3 is 29.4 Å². The van der Waals surface area contributed by atoms with E-state index in [4.69, 9.17) is 13.9 Å². The fourth-order valence-corrected chi connectivity index (χ4v) is 4.94. The van der Waals surface area contributed by atoms with Gasteiger partial charge in [-0.3, -0.25) is 14.4 Å². The Labute approximate surface area is 244 Å². The predicted octanol–water partition coefficient (Wildman–Crippen LogP) is 4.10. The number of benzene rings is 2. The Bertz CT molecular complexity index is 1420. The van der Waals surface area contributed by atoms with E-state index in [1.165, 1.54) is 12.0 Å². The molecule has 1 aliphatic heterocycles. The summed E-state index contributed by atoms with van der Waals surface area (Å²) in [5.41, 5.74) is 1.71. The van der Waals surface area contributed by atoms with Crippen molar-refractivity contribution in [3.8, 4) is 5.75 Å². The fraction of sp³-hybridized carbons (Fsp3) is 0.452. The van der Waals surface area contributed by atoms with Crippen molar-refractivity contribution < 1.29 is 33.1 Å². The zero-order valence-electron chi connectivity index (χ0n) is 24.6. The number of amides is 3. The minimum Gasteiger partial charge on any atom is -0.497 e. The Balaban J connectivity index is 1.43. The molecule has 4 rings (SSSR count). The van der Waals surface area contributed by atoms with Crippen LogP contribution in [0.25, 0.3) is 11.1 Å². The number of Topliss-reactive ketones (excluding diaryl/α,β-unsaturated/α-hetero) is 1. The smallest absolute Gasteiger partial charge is 0.408 e. The molecule has 2 heterocycles. The van der Waals surface area contributed by atoms with Crippen LogP contribution in [0.15, 0.2) is 52.9 Å². The molecule has 0 spiro atoms. The van der Waals surface area contributed by atoms with Crippen molar-refractivity contribution in [3.63, 3.8) is 0 Å². The largest absolute Gasteiger partial charge is 0.497 e. The molecular formula is C31H38N4O7. The summed E-state index contributed by atoms with van der Waals surface area (Å²) in [6.45, 7) is 7.67. The summed E-state index contributed by atoms with van der Waals surface area (Å²) in [7, 11) is 1.53. The van der Waals surface area contributed by atoms with E-state index >= 15 is 0 Å². The number of carbonyl (C=O) groups is 4. The topological polar surface area (TPSA) is 140 Å². The van der Waals surface area contributed by atoms with Crippen LogP contribution in [0.4, 0.5) is 4.79 Å². The average Bonchev–Trinajstić information content (AvgIpc) is 3.64. The number of rotatable bonds is 11. The Hall–Kier alpha value is -4.41. The maximum Gasteiger partial charge on any atom is 0.408 e. The van der Waals surface area contributed by atoms with Crippen molar-refractivity contribution in [2.24, 2.45) is 11.8 Å². The lowest BCUT2D eigenvalue weighted by molar-refractivity contribution is -0.141. The number of hydrogen-bond donors (Lipinski definition) is 2. The Morgan fingerprint density at radius 3 is 2.38 bits per heavy atom. The van der Waals surface area contributed by atoms with Gasteiger partial charge in [0.15, 0.2) is 5.58 Å². The van der Waals surface area contributed by atoms with Gasteiger partial charge in [-0.25, -0.2) is 9.78 Å². The van der Waals surface area contributed by atoms with Crippen LogP contribution in [0.1, 0.15) is 56.8 Å². The number of likely N-dealkylation sites (tertiary alicyclic amines) is 1. The summed E-state index contributed by atoms with van der Waals surface area (Å²) in [4.78, 5) is 58.9. The van der Waals surface area contributed by atoms with Gasteiger partial charge in [0.05, 0.1) is 13.2 Å². The number of methoxy groups -OCH3 is 1. The van der Waals surface area contributed by atoms with Gasteiger partial charge in [0.2, 0.25) is 17.6 Å². The summed E-state index contributed by atoms with van der Waals surface area (Å²) in [6, 6.07) is 11.7. The second-order valence-corrected chi connectivity index (χ2v) is 11.1. The number of nitrogens with zero attached hydrogens (tertiary/aromatic N) is 2. The molecule has 1 saturated heterocycles. The van der Waals surface area contributed by atoms with E-state index in [1.807, 2.05) is 58.0 Å². The molecule has 2 aromatic carbocycles. The van der Waals surface area contributed by atoms with Crippen LogP contribution < -0.4 is 15.4 Å². The normalized spacial score (nSPS) is 16.4. The molecule has 1 fully saturated rings. The number of fused-ring (bicyclic) bond motifs is 1. The number of hydrogen-bond acceptors (Lipinski definition) is 8. The van der Waals surface area contributed by atoms with Gasteiger partial charge in [0.1, 0.15) is 30.0 Å². The highest BCUT2D eigenvalue weighted by molar-refractivity contribution is 6.01. The zero-order chi connectivity index (χ0) is 30.4. The molecule has 42 heavy (non-hydrogen) atoms. The molecule has 11 nitrogen and oxygen atoms in total.